The van der Waals surface area contributed by atoms with Gasteiger partial charge in [-0.15, -0.1) is 11.3 Å². The number of nitrogens with one attached hydrogen (secondary N) is 1. The molecule has 0 aliphatic rings. The van der Waals surface area contributed by atoms with Gasteiger partial charge in [0.25, 0.3) is 5.56 Å². The Morgan fingerprint density at radius 2 is 1.75 bits per heavy atom. The minimum atomic E-state index is -0.256. The quantitative estimate of drug-likeness (QED) is 0.348. The molecule has 0 fully saturated rings. The highest BCUT2D eigenvalue weighted by Gasteiger charge is 2.20. The van der Waals surface area contributed by atoms with E-state index >= 15 is 0 Å². The molecule has 0 radical (unpaired) electrons. The van der Waals surface area contributed by atoms with E-state index in [-0.39, 0.29) is 11.6 Å². The van der Waals surface area contributed by atoms with E-state index in [9.17, 15) is 4.79 Å². The predicted molar refractivity (Wildman–Crippen MR) is 143 cm³/mol. The molecule has 0 aliphatic heterocycles. The van der Waals surface area contributed by atoms with Crippen LogP contribution in [0, 0.1) is 6.92 Å². The zero-order valence-corrected chi connectivity index (χ0v) is 20.4. The van der Waals surface area contributed by atoms with Crippen LogP contribution >= 0.6 is 11.3 Å². The third kappa shape index (κ3) is 3.79. The number of rotatable bonds is 5. The summed E-state index contributed by atoms with van der Waals surface area (Å²) in [6, 6.07) is 17.3. The second kappa shape index (κ2) is 8.94. The van der Waals surface area contributed by atoms with Gasteiger partial charge in [0.05, 0.1) is 16.9 Å². The first kappa shape index (κ1) is 22.0. The summed E-state index contributed by atoms with van der Waals surface area (Å²) < 4.78 is 1.76. The molecule has 0 unspecified atom stereocenters. The predicted octanol–water partition coefficient (Wildman–Crippen LogP) is 5.33. The van der Waals surface area contributed by atoms with Crippen molar-refractivity contribution >= 4 is 38.3 Å². The van der Waals surface area contributed by atoms with E-state index in [1.54, 1.807) is 22.5 Å². The van der Waals surface area contributed by atoms with Crippen molar-refractivity contribution in [2.45, 2.75) is 19.9 Å². The highest BCUT2D eigenvalue weighted by atomic mass is 32.1. The number of benzene rings is 2. The average Bonchev–Trinajstić information content (AvgIpc) is 3.39. The third-order valence-electron chi connectivity index (χ3n) is 6.11. The Hall–Kier alpha value is -4.50. The lowest BCUT2D eigenvalue weighted by molar-refractivity contribution is 0.774. The first-order chi connectivity index (χ1) is 17.6. The van der Waals surface area contributed by atoms with Gasteiger partial charge in [0, 0.05) is 29.3 Å². The first-order valence-electron chi connectivity index (χ1n) is 11.4. The molecule has 1 N–H and O–H groups in total. The number of hydrogen-bond donors (Lipinski definition) is 1. The normalized spacial score (nSPS) is 12.2. The Bertz CT molecular complexity index is 1760. The molecule has 0 aliphatic carbocycles. The molecule has 6 rings (SSSR count). The number of para-hydroxylation sites is 1. The molecule has 4 heterocycles. The van der Waals surface area contributed by atoms with Gasteiger partial charge in [0.2, 0.25) is 0 Å². The number of nitrogens with zero attached hydrogens (tertiary/aromatic N) is 6. The highest BCUT2D eigenvalue weighted by Crippen LogP contribution is 2.30. The van der Waals surface area contributed by atoms with Gasteiger partial charge in [0.1, 0.15) is 22.5 Å². The standard InChI is InChI=1S/C27H21N7OS/c1-16(33-25-24-26(31-14-30-25)36-15-32-24)22-11-18-7-6-10-21(19-12-28-17(2)29-13-19)23(18)27(35)34(22)20-8-4-3-5-9-20/h3-16H,1-2H3,(H,30,31,33)/t16-/m0/s1. The van der Waals surface area contributed by atoms with Gasteiger partial charge in [0.15, 0.2) is 5.82 Å². The lowest BCUT2D eigenvalue weighted by Gasteiger charge is -2.22. The Kier molecular flexibility index (Phi) is 5.46. The minimum Gasteiger partial charge on any atom is -0.360 e. The summed E-state index contributed by atoms with van der Waals surface area (Å²) in [7, 11) is 0. The first-order valence-corrected chi connectivity index (χ1v) is 12.3. The van der Waals surface area contributed by atoms with Gasteiger partial charge in [-0.05, 0) is 43.0 Å². The summed E-state index contributed by atoms with van der Waals surface area (Å²) in [5, 5.41) is 4.92. The smallest absolute Gasteiger partial charge is 0.263 e. The number of fused-ring (bicyclic) bond motifs is 2. The fraction of sp³-hybridized carbons (Fsp3) is 0.111. The number of aryl methyl sites for hydroxylation is 1. The van der Waals surface area contributed by atoms with Crippen LogP contribution in [0.4, 0.5) is 5.82 Å². The van der Waals surface area contributed by atoms with Crippen LogP contribution in [0.2, 0.25) is 0 Å². The lowest BCUT2D eigenvalue weighted by atomic mass is 9.99. The van der Waals surface area contributed by atoms with Gasteiger partial charge in [-0.2, -0.15) is 0 Å². The summed E-state index contributed by atoms with van der Waals surface area (Å²) in [6.45, 7) is 3.85. The lowest BCUT2D eigenvalue weighted by Crippen LogP contribution is -2.26. The van der Waals surface area contributed by atoms with E-state index in [2.05, 4.69) is 36.3 Å². The molecule has 4 aromatic heterocycles. The zero-order valence-electron chi connectivity index (χ0n) is 19.6. The van der Waals surface area contributed by atoms with Gasteiger partial charge in [-0.3, -0.25) is 9.36 Å². The molecule has 36 heavy (non-hydrogen) atoms. The Labute approximate surface area is 210 Å². The SMILES string of the molecule is Cc1ncc(-c2cccc3cc([C@H](C)Nc4ncnc5scnc45)n(-c4ccccc4)c(=O)c23)cn1. The minimum absolute atomic E-state index is 0.111. The van der Waals surface area contributed by atoms with Crippen LogP contribution < -0.4 is 10.9 Å². The number of aromatic nitrogens is 6. The van der Waals surface area contributed by atoms with Crippen molar-refractivity contribution in [3.05, 3.63) is 101 Å². The summed E-state index contributed by atoms with van der Waals surface area (Å²) in [5.74, 6) is 1.31. The van der Waals surface area contributed by atoms with E-state index in [1.807, 2.05) is 62.4 Å². The number of pyridine rings is 1. The summed E-state index contributed by atoms with van der Waals surface area (Å²) >= 11 is 1.46. The third-order valence-corrected chi connectivity index (χ3v) is 6.85. The molecular weight excluding hydrogens is 470 g/mol. The molecule has 0 saturated heterocycles. The molecule has 0 saturated carbocycles. The maximum absolute atomic E-state index is 14.2. The molecule has 6 aromatic rings. The average molecular weight is 492 g/mol. The molecular formula is C27H21N7OS. The van der Waals surface area contributed by atoms with Crippen molar-refractivity contribution in [2.24, 2.45) is 0 Å². The molecule has 9 heteroatoms. The summed E-state index contributed by atoms with van der Waals surface area (Å²) in [4.78, 5) is 36.8. The van der Waals surface area contributed by atoms with Crippen LogP contribution in [0.1, 0.15) is 24.5 Å². The van der Waals surface area contributed by atoms with E-state index in [1.165, 1.54) is 17.7 Å². The summed E-state index contributed by atoms with van der Waals surface area (Å²) in [5.41, 5.74) is 5.54. The van der Waals surface area contributed by atoms with E-state index in [0.29, 0.717) is 22.5 Å². The topological polar surface area (TPSA) is 98.5 Å². The zero-order chi connectivity index (χ0) is 24.6. The fourth-order valence-corrected chi connectivity index (χ4v) is 5.02. The Morgan fingerprint density at radius 3 is 2.56 bits per heavy atom. The number of thiazole rings is 1. The number of hydrogen-bond acceptors (Lipinski definition) is 8. The number of anilines is 1. The highest BCUT2D eigenvalue weighted by molar-refractivity contribution is 7.16. The molecule has 2 aromatic carbocycles. The molecule has 1 atom stereocenters. The largest absolute Gasteiger partial charge is 0.360 e. The maximum Gasteiger partial charge on any atom is 0.263 e. The molecule has 8 nitrogen and oxygen atoms in total. The van der Waals surface area contributed by atoms with Crippen molar-refractivity contribution in [1.29, 1.82) is 0 Å². The van der Waals surface area contributed by atoms with E-state index in [4.69, 9.17) is 0 Å². The van der Waals surface area contributed by atoms with E-state index in [0.717, 1.165) is 32.7 Å². The Balaban J connectivity index is 1.57. The summed E-state index contributed by atoms with van der Waals surface area (Å²) in [6.07, 6.45) is 5.04. The molecule has 176 valence electrons. The van der Waals surface area contributed by atoms with Crippen molar-refractivity contribution in [3.8, 4) is 16.8 Å². The monoisotopic (exact) mass is 491 g/mol. The Morgan fingerprint density at radius 1 is 0.944 bits per heavy atom. The van der Waals surface area contributed by atoms with Crippen molar-refractivity contribution in [3.63, 3.8) is 0 Å². The van der Waals surface area contributed by atoms with Crippen molar-refractivity contribution in [2.75, 3.05) is 5.32 Å². The van der Waals surface area contributed by atoms with Gasteiger partial charge < -0.3 is 5.32 Å². The van der Waals surface area contributed by atoms with Crippen LogP contribution in [-0.4, -0.2) is 29.5 Å². The molecule has 0 bridgehead atoms. The van der Waals surface area contributed by atoms with Crippen LogP contribution in [0.3, 0.4) is 0 Å². The van der Waals surface area contributed by atoms with E-state index < -0.39 is 0 Å². The second-order valence-electron chi connectivity index (χ2n) is 8.43. The molecule has 0 amide bonds. The van der Waals surface area contributed by atoms with Gasteiger partial charge >= 0.3 is 0 Å². The van der Waals surface area contributed by atoms with Crippen LogP contribution in [0.15, 0.2) is 83.6 Å². The van der Waals surface area contributed by atoms with Crippen molar-refractivity contribution in [1.82, 2.24) is 29.5 Å². The van der Waals surface area contributed by atoms with Gasteiger partial charge in [-0.1, -0.05) is 36.4 Å². The van der Waals surface area contributed by atoms with Crippen LogP contribution in [0.5, 0.6) is 0 Å². The van der Waals surface area contributed by atoms with Gasteiger partial charge in [-0.25, -0.2) is 24.9 Å². The van der Waals surface area contributed by atoms with Crippen LogP contribution in [-0.2, 0) is 0 Å². The maximum atomic E-state index is 14.2. The fourth-order valence-electron chi connectivity index (χ4n) is 4.40. The van der Waals surface area contributed by atoms with Crippen molar-refractivity contribution < 1.29 is 0 Å². The van der Waals surface area contributed by atoms with Crippen LogP contribution in [0.25, 0.3) is 37.9 Å². The molecule has 0 spiro atoms. The second-order valence-corrected chi connectivity index (χ2v) is 9.26.